The molecule has 1 aliphatic heterocycles. The van der Waals surface area contributed by atoms with Gasteiger partial charge >= 0.3 is 0 Å². The number of nitrogens with zero attached hydrogens (tertiary/aromatic N) is 2. The first kappa shape index (κ1) is 16.8. The molecule has 2 aromatic rings. The molecule has 0 atom stereocenters. The number of halogens is 1. The summed E-state index contributed by atoms with van der Waals surface area (Å²) in [6, 6.07) is 16.5. The average Bonchev–Trinajstić information content (AvgIpc) is 2.62. The molecule has 0 aliphatic carbocycles. The first-order valence-electron chi connectivity index (χ1n) is 8.16. The molecule has 1 fully saturated rings. The van der Waals surface area contributed by atoms with Gasteiger partial charge in [-0.1, -0.05) is 46.3 Å². The Labute approximate surface area is 151 Å². The van der Waals surface area contributed by atoms with Gasteiger partial charge in [-0.3, -0.25) is 4.79 Å². The van der Waals surface area contributed by atoms with Crippen molar-refractivity contribution < 1.29 is 4.79 Å². The van der Waals surface area contributed by atoms with Crippen molar-refractivity contribution in [3.8, 4) is 0 Å². The van der Waals surface area contributed by atoms with Gasteiger partial charge in [-0.05, 0) is 42.3 Å². The molecule has 0 spiro atoms. The zero-order chi connectivity index (χ0) is 16.9. The van der Waals surface area contributed by atoms with Crippen molar-refractivity contribution in [3.05, 3.63) is 70.2 Å². The third-order valence-corrected chi connectivity index (χ3v) is 4.96. The maximum Gasteiger partial charge on any atom is 0.246 e. The highest BCUT2D eigenvalue weighted by molar-refractivity contribution is 9.10. The standard InChI is InChI=1S/C20H21BrN2O/c1-16-7-8-17(19(21)15-16)9-10-20(24)23-13-11-22(12-14-23)18-5-3-2-4-6-18/h2-10,15H,11-14H2,1H3/b10-9+. The van der Waals surface area contributed by atoms with Crippen LogP contribution in [0.4, 0.5) is 5.69 Å². The van der Waals surface area contributed by atoms with E-state index in [0.29, 0.717) is 0 Å². The van der Waals surface area contributed by atoms with Crippen LogP contribution in [-0.2, 0) is 4.79 Å². The predicted molar refractivity (Wildman–Crippen MR) is 103 cm³/mol. The monoisotopic (exact) mass is 384 g/mol. The van der Waals surface area contributed by atoms with Crippen LogP contribution in [0, 0.1) is 6.92 Å². The van der Waals surface area contributed by atoms with E-state index in [1.807, 2.05) is 29.2 Å². The molecular weight excluding hydrogens is 364 g/mol. The molecule has 1 aliphatic rings. The van der Waals surface area contributed by atoms with Crippen LogP contribution in [0.5, 0.6) is 0 Å². The molecule has 1 amide bonds. The lowest BCUT2D eigenvalue weighted by Crippen LogP contribution is -2.48. The summed E-state index contributed by atoms with van der Waals surface area (Å²) in [5, 5.41) is 0. The minimum atomic E-state index is 0.0789. The van der Waals surface area contributed by atoms with Crippen molar-refractivity contribution in [1.82, 2.24) is 4.90 Å². The second-order valence-corrected chi connectivity index (χ2v) is 6.86. The fourth-order valence-electron chi connectivity index (χ4n) is 2.86. The van der Waals surface area contributed by atoms with Crippen LogP contribution < -0.4 is 4.90 Å². The summed E-state index contributed by atoms with van der Waals surface area (Å²) in [6.45, 7) is 5.31. The van der Waals surface area contributed by atoms with Gasteiger partial charge in [0.15, 0.2) is 0 Å². The first-order valence-corrected chi connectivity index (χ1v) is 8.96. The van der Waals surface area contributed by atoms with Gasteiger partial charge in [0.05, 0.1) is 0 Å². The summed E-state index contributed by atoms with van der Waals surface area (Å²) in [7, 11) is 0. The molecule has 0 aromatic heterocycles. The van der Waals surface area contributed by atoms with E-state index in [-0.39, 0.29) is 5.91 Å². The molecule has 3 rings (SSSR count). The van der Waals surface area contributed by atoms with E-state index < -0.39 is 0 Å². The molecule has 4 heteroatoms. The Morgan fingerprint density at radius 1 is 1.04 bits per heavy atom. The van der Waals surface area contributed by atoms with E-state index in [2.05, 4.69) is 58.1 Å². The lowest BCUT2D eigenvalue weighted by Gasteiger charge is -2.35. The summed E-state index contributed by atoms with van der Waals surface area (Å²) < 4.78 is 1.01. The van der Waals surface area contributed by atoms with Crippen LogP contribution in [0.15, 0.2) is 59.1 Å². The first-order chi connectivity index (χ1) is 11.6. The number of rotatable bonds is 3. The van der Waals surface area contributed by atoms with E-state index in [4.69, 9.17) is 0 Å². The van der Waals surface area contributed by atoms with E-state index in [1.165, 1.54) is 11.3 Å². The zero-order valence-electron chi connectivity index (χ0n) is 13.8. The molecule has 3 nitrogen and oxygen atoms in total. The van der Waals surface area contributed by atoms with Crippen molar-refractivity contribution in [2.75, 3.05) is 31.1 Å². The Balaban J connectivity index is 1.58. The summed E-state index contributed by atoms with van der Waals surface area (Å²) >= 11 is 3.54. The molecule has 0 unspecified atom stereocenters. The SMILES string of the molecule is Cc1ccc(/C=C/C(=O)N2CCN(c3ccccc3)CC2)c(Br)c1. The smallest absolute Gasteiger partial charge is 0.246 e. The number of hydrogen-bond donors (Lipinski definition) is 0. The fraction of sp³-hybridized carbons (Fsp3) is 0.250. The van der Waals surface area contributed by atoms with E-state index >= 15 is 0 Å². The number of amides is 1. The zero-order valence-corrected chi connectivity index (χ0v) is 15.4. The number of anilines is 1. The van der Waals surface area contributed by atoms with Crippen LogP contribution in [0.3, 0.4) is 0 Å². The van der Waals surface area contributed by atoms with Gasteiger partial charge in [0.2, 0.25) is 5.91 Å². The molecular formula is C20H21BrN2O. The van der Waals surface area contributed by atoms with Crippen molar-refractivity contribution in [2.24, 2.45) is 0 Å². The topological polar surface area (TPSA) is 23.6 Å². The highest BCUT2D eigenvalue weighted by Gasteiger charge is 2.19. The van der Waals surface area contributed by atoms with Gasteiger partial charge in [0, 0.05) is 42.4 Å². The lowest BCUT2D eigenvalue weighted by molar-refractivity contribution is -0.126. The minimum Gasteiger partial charge on any atom is -0.368 e. The van der Waals surface area contributed by atoms with Gasteiger partial charge in [-0.15, -0.1) is 0 Å². The average molecular weight is 385 g/mol. The Hall–Kier alpha value is -2.07. The second-order valence-electron chi connectivity index (χ2n) is 6.01. The van der Waals surface area contributed by atoms with E-state index in [9.17, 15) is 4.79 Å². The van der Waals surface area contributed by atoms with Crippen LogP contribution in [-0.4, -0.2) is 37.0 Å². The van der Waals surface area contributed by atoms with Crippen LogP contribution in [0.2, 0.25) is 0 Å². The highest BCUT2D eigenvalue weighted by Crippen LogP contribution is 2.20. The Kier molecular flexibility index (Phi) is 5.36. The molecule has 124 valence electrons. The molecule has 2 aromatic carbocycles. The van der Waals surface area contributed by atoms with Gasteiger partial charge in [0.25, 0.3) is 0 Å². The number of para-hydroxylation sites is 1. The Bertz CT molecular complexity index is 735. The number of carbonyl (C=O) groups is 1. The second kappa shape index (κ2) is 7.67. The van der Waals surface area contributed by atoms with Crippen LogP contribution >= 0.6 is 15.9 Å². The maximum absolute atomic E-state index is 12.4. The number of hydrogen-bond acceptors (Lipinski definition) is 2. The lowest BCUT2D eigenvalue weighted by atomic mass is 10.1. The van der Waals surface area contributed by atoms with Gasteiger partial charge in [-0.2, -0.15) is 0 Å². The quantitative estimate of drug-likeness (QED) is 0.743. The number of aryl methyl sites for hydroxylation is 1. The third kappa shape index (κ3) is 4.06. The van der Waals surface area contributed by atoms with Crippen molar-refractivity contribution in [1.29, 1.82) is 0 Å². The summed E-state index contributed by atoms with van der Waals surface area (Å²) in [6.07, 6.45) is 3.56. The van der Waals surface area contributed by atoms with Gasteiger partial charge in [0.1, 0.15) is 0 Å². The van der Waals surface area contributed by atoms with Crippen molar-refractivity contribution in [3.63, 3.8) is 0 Å². The highest BCUT2D eigenvalue weighted by atomic mass is 79.9. The molecule has 0 N–H and O–H groups in total. The Morgan fingerprint density at radius 3 is 2.42 bits per heavy atom. The number of benzene rings is 2. The minimum absolute atomic E-state index is 0.0789. The summed E-state index contributed by atoms with van der Waals surface area (Å²) in [5.41, 5.74) is 3.45. The fourth-order valence-corrected chi connectivity index (χ4v) is 3.48. The van der Waals surface area contributed by atoms with Gasteiger partial charge in [-0.25, -0.2) is 0 Å². The Morgan fingerprint density at radius 2 is 1.75 bits per heavy atom. The van der Waals surface area contributed by atoms with E-state index in [0.717, 1.165) is 36.2 Å². The normalized spacial score (nSPS) is 15.1. The molecule has 1 saturated heterocycles. The van der Waals surface area contributed by atoms with Crippen molar-refractivity contribution in [2.45, 2.75) is 6.92 Å². The molecule has 1 heterocycles. The molecule has 24 heavy (non-hydrogen) atoms. The largest absolute Gasteiger partial charge is 0.368 e. The number of carbonyl (C=O) groups excluding carboxylic acids is 1. The predicted octanol–water partition coefficient (Wildman–Crippen LogP) is 4.12. The summed E-state index contributed by atoms with van der Waals surface area (Å²) in [5.74, 6) is 0.0789. The van der Waals surface area contributed by atoms with Crippen molar-refractivity contribution >= 4 is 33.6 Å². The van der Waals surface area contributed by atoms with Crippen LogP contribution in [0.25, 0.3) is 6.08 Å². The molecule has 0 saturated carbocycles. The third-order valence-electron chi connectivity index (χ3n) is 4.27. The van der Waals surface area contributed by atoms with E-state index in [1.54, 1.807) is 6.08 Å². The van der Waals surface area contributed by atoms with Crippen LogP contribution in [0.1, 0.15) is 11.1 Å². The molecule has 0 bridgehead atoms. The maximum atomic E-state index is 12.4. The number of piperazine rings is 1. The summed E-state index contributed by atoms with van der Waals surface area (Å²) in [4.78, 5) is 16.6. The molecule has 0 radical (unpaired) electrons. The van der Waals surface area contributed by atoms with Gasteiger partial charge < -0.3 is 9.80 Å².